The molecule has 0 radical (unpaired) electrons. The first-order chi connectivity index (χ1) is 7.11. The minimum Gasteiger partial charge on any atom is -0.350 e. The first-order valence-corrected chi connectivity index (χ1v) is 5.47. The Morgan fingerprint density at radius 3 is 2.20 bits per heavy atom. The average Bonchev–Trinajstić information content (AvgIpc) is 2.20. The van der Waals surface area contributed by atoms with Crippen LogP contribution in [-0.2, 0) is 0 Å². The second-order valence-corrected chi connectivity index (χ2v) is 3.44. The van der Waals surface area contributed by atoms with Crippen molar-refractivity contribution in [2.75, 3.05) is 0 Å². The van der Waals surface area contributed by atoms with E-state index in [4.69, 9.17) is 0 Å². The van der Waals surface area contributed by atoms with Crippen molar-refractivity contribution in [1.29, 1.82) is 0 Å². The summed E-state index contributed by atoms with van der Waals surface area (Å²) in [6.45, 7) is 9.85. The Labute approximate surface area is 92.7 Å². The van der Waals surface area contributed by atoms with Gasteiger partial charge in [0.15, 0.2) is 0 Å². The van der Waals surface area contributed by atoms with E-state index < -0.39 is 0 Å². The molecule has 0 atom stereocenters. The fourth-order valence-corrected chi connectivity index (χ4v) is 1.17. The lowest BCUT2D eigenvalue weighted by Crippen LogP contribution is -2.30. The van der Waals surface area contributed by atoms with E-state index >= 15 is 0 Å². The maximum atomic E-state index is 11.6. The van der Waals surface area contributed by atoms with Gasteiger partial charge in [-0.25, -0.2) is 0 Å². The van der Waals surface area contributed by atoms with Crippen LogP contribution in [0.4, 0.5) is 0 Å². The summed E-state index contributed by atoms with van der Waals surface area (Å²) < 4.78 is 0. The van der Waals surface area contributed by atoms with E-state index in [2.05, 4.69) is 5.32 Å². The summed E-state index contributed by atoms with van der Waals surface area (Å²) in [5.41, 5.74) is 1.77. The minimum absolute atomic E-state index is 0.00750. The van der Waals surface area contributed by atoms with E-state index in [1.807, 2.05) is 58.9 Å². The third kappa shape index (κ3) is 4.63. The molecule has 1 aromatic rings. The van der Waals surface area contributed by atoms with Crippen molar-refractivity contribution < 1.29 is 4.79 Å². The molecule has 0 aliphatic rings. The van der Waals surface area contributed by atoms with Gasteiger partial charge in [0.2, 0.25) is 0 Å². The summed E-state index contributed by atoms with van der Waals surface area (Å²) in [6.07, 6.45) is 0. The van der Waals surface area contributed by atoms with Gasteiger partial charge in [0.05, 0.1) is 0 Å². The van der Waals surface area contributed by atoms with Crippen molar-refractivity contribution in [2.24, 2.45) is 0 Å². The summed E-state index contributed by atoms with van der Waals surface area (Å²) in [5, 5.41) is 2.86. The van der Waals surface area contributed by atoms with Gasteiger partial charge in [-0.15, -0.1) is 0 Å². The molecule has 0 heterocycles. The van der Waals surface area contributed by atoms with Crippen molar-refractivity contribution in [1.82, 2.24) is 5.32 Å². The van der Waals surface area contributed by atoms with Gasteiger partial charge < -0.3 is 5.32 Å². The number of hydrogen-bond donors (Lipinski definition) is 1. The fourth-order valence-electron chi connectivity index (χ4n) is 1.17. The molecular formula is C13H21NO. The van der Waals surface area contributed by atoms with Crippen LogP contribution >= 0.6 is 0 Å². The number of nitrogens with one attached hydrogen (secondary N) is 1. The quantitative estimate of drug-likeness (QED) is 0.793. The van der Waals surface area contributed by atoms with Gasteiger partial charge >= 0.3 is 0 Å². The first kappa shape index (κ1) is 13.7. The third-order valence-corrected chi connectivity index (χ3v) is 1.81. The Kier molecular flexibility index (Phi) is 6.43. The molecule has 0 aromatic heterocycles. The molecule has 1 aromatic carbocycles. The molecule has 2 nitrogen and oxygen atoms in total. The van der Waals surface area contributed by atoms with E-state index in [0.717, 1.165) is 11.1 Å². The maximum Gasteiger partial charge on any atom is 0.251 e. The lowest BCUT2D eigenvalue weighted by atomic mass is 10.1. The summed E-state index contributed by atoms with van der Waals surface area (Å²) >= 11 is 0. The third-order valence-electron chi connectivity index (χ3n) is 1.81. The Morgan fingerprint density at radius 2 is 1.73 bits per heavy atom. The lowest BCUT2D eigenvalue weighted by molar-refractivity contribution is 0.0942. The number of amides is 1. The highest BCUT2D eigenvalue weighted by atomic mass is 16.1. The lowest BCUT2D eigenvalue weighted by Gasteiger charge is -2.09. The highest BCUT2D eigenvalue weighted by molar-refractivity contribution is 5.95. The first-order valence-electron chi connectivity index (χ1n) is 5.47. The number of rotatable bonds is 2. The van der Waals surface area contributed by atoms with E-state index in [0.29, 0.717) is 0 Å². The molecule has 0 saturated carbocycles. The van der Waals surface area contributed by atoms with Crippen molar-refractivity contribution in [3.05, 3.63) is 35.4 Å². The molecule has 0 fully saturated rings. The van der Waals surface area contributed by atoms with Crippen LogP contribution in [0.1, 0.15) is 43.6 Å². The Balaban J connectivity index is 0.000000921. The molecule has 0 aliphatic heterocycles. The fraction of sp³-hybridized carbons (Fsp3) is 0.462. The van der Waals surface area contributed by atoms with Gasteiger partial charge in [0.25, 0.3) is 5.91 Å². The Morgan fingerprint density at radius 1 is 1.20 bits per heavy atom. The zero-order valence-electron chi connectivity index (χ0n) is 10.3. The Hall–Kier alpha value is -1.31. The molecule has 1 N–H and O–H groups in total. The normalized spacial score (nSPS) is 9.20. The minimum atomic E-state index is 0.00750. The van der Waals surface area contributed by atoms with Crippen LogP contribution in [0.2, 0.25) is 0 Å². The largest absolute Gasteiger partial charge is 0.350 e. The smallest absolute Gasteiger partial charge is 0.251 e. The molecule has 0 spiro atoms. The molecule has 84 valence electrons. The van der Waals surface area contributed by atoms with Gasteiger partial charge in [-0.1, -0.05) is 32.0 Å². The molecule has 1 rings (SSSR count). The summed E-state index contributed by atoms with van der Waals surface area (Å²) in [7, 11) is 0. The highest BCUT2D eigenvalue weighted by Crippen LogP contribution is 2.06. The standard InChI is InChI=1S/C11H15NO.C2H6/c1-8(2)12-11(13)10-7-5-4-6-9(10)3;1-2/h4-8H,1-3H3,(H,12,13);1-2H3. The molecule has 0 unspecified atom stereocenters. The van der Waals surface area contributed by atoms with E-state index in [9.17, 15) is 4.79 Å². The predicted molar refractivity (Wildman–Crippen MR) is 65.1 cm³/mol. The second-order valence-electron chi connectivity index (χ2n) is 3.44. The van der Waals surface area contributed by atoms with Gasteiger partial charge in [-0.05, 0) is 32.4 Å². The number of carbonyl (C=O) groups excluding carboxylic acids is 1. The average molecular weight is 207 g/mol. The highest BCUT2D eigenvalue weighted by Gasteiger charge is 2.07. The molecular weight excluding hydrogens is 186 g/mol. The topological polar surface area (TPSA) is 29.1 Å². The monoisotopic (exact) mass is 207 g/mol. The molecule has 0 bridgehead atoms. The van der Waals surface area contributed by atoms with E-state index in [1.165, 1.54) is 0 Å². The van der Waals surface area contributed by atoms with Crippen LogP contribution in [0.3, 0.4) is 0 Å². The van der Waals surface area contributed by atoms with Crippen molar-refractivity contribution in [2.45, 2.75) is 40.7 Å². The number of aryl methyl sites for hydroxylation is 1. The van der Waals surface area contributed by atoms with Crippen LogP contribution in [0, 0.1) is 6.92 Å². The molecule has 1 amide bonds. The van der Waals surface area contributed by atoms with Crippen molar-refractivity contribution >= 4 is 5.91 Å². The maximum absolute atomic E-state index is 11.6. The van der Waals surface area contributed by atoms with Crippen molar-refractivity contribution in [3.63, 3.8) is 0 Å². The number of carbonyl (C=O) groups is 1. The van der Waals surface area contributed by atoms with Gasteiger partial charge in [0.1, 0.15) is 0 Å². The van der Waals surface area contributed by atoms with Crippen LogP contribution in [0.15, 0.2) is 24.3 Å². The van der Waals surface area contributed by atoms with Gasteiger partial charge in [0, 0.05) is 11.6 Å². The van der Waals surface area contributed by atoms with Crippen molar-refractivity contribution in [3.8, 4) is 0 Å². The second kappa shape index (κ2) is 7.04. The summed E-state index contributed by atoms with van der Waals surface area (Å²) in [4.78, 5) is 11.6. The summed E-state index contributed by atoms with van der Waals surface area (Å²) in [6, 6.07) is 7.78. The Bertz CT molecular complexity index is 305. The predicted octanol–water partition coefficient (Wildman–Crippen LogP) is 3.16. The summed E-state index contributed by atoms with van der Waals surface area (Å²) in [5.74, 6) is 0.00750. The van der Waals surface area contributed by atoms with E-state index in [1.54, 1.807) is 0 Å². The molecule has 15 heavy (non-hydrogen) atoms. The molecule has 2 heteroatoms. The number of benzene rings is 1. The van der Waals surface area contributed by atoms with Crippen LogP contribution < -0.4 is 5.32 Å². The van der Waals surface area contributed by atoms with E-state index in [-0.39, 0.29) is 11.9 Å². The van der Waals surface area contributed by atoms with Gasteiger partial charge in [-0.3, -0.25) is 4.79 Å². The van der Waals surface area contributed by atoms with Crippen LogP contribution in [-0.4, -0.2) is 11.9 Å². The van der Waals surface area contributed by atoms with Crippen LogP contribution in [0.5, 0.6) is 0 Å². The zero-order valence-corrected chi connectivity index (χ0v) is 10.3. The van der Waals surface area contributed by atoms with Gasteiger partial charge in [-0.2, -0.15) is 0 Å². The van der Waals surface area contributed by atoms with Crippen LogP contribution in [0.25, 0.3) is 0 Å². The molecule has 0 aliphatic carbocycles. The molecule has 0 saturated heterocycles. The SMILES string of the molecule is CC.Cc1ccccc1C(=O)NC(C)C. The zero-order chi connectivity index (χ0) is 11.8. The number of hydrogen-bond acceptors (Lipinski definition) is 1.